The van der Waals surface area contributed by atoms with E-state index in [1.165, 1.54) is 0 Å². The monoisotopic (exact) mass is 266 g/mol. The van der Waals surface area contributed by atoms with Gasteiger partial charge in [-0.1, -0.05) is 0 Å². The van der Waals surface area contributed by atoms with Crippen molar-refractivity contribution in [1.82, 2.24) is 0 Å². The van der Waals surface area contributed by atoms with Crippen LogP contribution >= 0.6 is 0 Å². The van der Waals surface area contributed by atoms with Crippen molar-refractivity contribution < 1.29 is 37.4 Å². The van der Waals surface area contributed by atoms with Gasteiger partial charge in [-0.2, -0.15) is 8.78 Å². The fraction of sp³-hybridized carbons (Fsp3) is 0.700. The van der Waals surface area contributed by atoms with Crippen LogP contribution in [0.15, 0.2) is 0 Å². The minimum atomic E-state index is -3.66. The largest absolute Gasteiger partial charge is 0.465 e. The van der Waals surface area contributed by atoms with Gasteiger partial charge in [0.15, 0.2) is 6.61 Å². The zero-order valence-electron chi connectivity index (χ0n) is 9.61. The van der Waals surface area contributed by atoms with Crippen LogP contribution in [-0.4, -0.2) is 43.7 Å². The minimum Gasteiger partial charge on any atom is -0.465 e. The third-order valence-corrected chi connectivity index (χ3v) is 2.17. The fourth-order valence-corrected chi connectivity index (χ4v) is 1.18. The molecule has 1 saturated heterocycles. The summed E-state index contributed by atoms with van der Waals surface area (Å²) in [5, 5.41) is 0. The fourth-order valence-electron chi connectivity index (χ4n) is 1.18. The number of esters is 3. The highest BCUT2D eigenvalue weighted by Crippen LogP contribution is 2.15. The molecule has 0 spiro atoms. The molecule has 0 aromatic carbocycles. The first-order chi connectivity index (χ1) is 8.30. The van der Waals surface area contributed by atoms with E-state index >= 15 is 0 Å². The first-order valence-corrected chi connectivity index (χ1v) is 5.18. The van der Waals surface area contributed by atoms with Crippen molar-refractivity contribution in [1.29, 1.82) is 0 Å². The SMILES string of the molecule is CC(F)(F)C(=O)OCC(=O)OCC1CCOC1=O. The number of carbonyl (C=O) groups is 3. The molecular formula is C10H12F2O6. The lowest BCUT2D eigenvalue weighted by Gasteiger charge is -2.10. The Morgan fingerprint density at radius 2 is 2.11 bits per heavy atom. The average molecular weight is 266 g/mol. The third kappa shape index (κ3) is 4.27. The normalized spacial score (nSPS) is 19.3. The van der Waals surface area contributed by atoms with Crippen molar-refractivity contribution >= 4 is 17.9 Å². The highest BCUT2D eigenvalue weighted by atomic mass is 19.3. The van der Waals surface area contributed by atoms with Crippen molar-refractivity contribution in [3.05, 3.63) is 0 Å². The summed E-state index contributed by atoms with van der Waals surface area (Å²) in [6, 6.07) is 0. The topological polar surface area (TPSA) is 78.9 Å². The molecule has 8 heteroatoms. The summed E-state index contributed by atoms with van der Waals surface area (Å²) in [4.78, 5) is 32.7. The molecule has 1 heterocycles. The number of hydrogen-bond acceptors (Lipinski definition) is 6. The highest BCUT2D eigenvalue weighted by molar-refractivity contribution is 5.80. The summed E-state index contributed by atoms with van der Waals surface area (Å²) < 4.78 is 38.0. The predicted molar refractivity (Wildman–Crippen MR) is 51.6 cm³/mol. The number of ether oxygens (including phenoxy) is 3. The molecule has 0 amide bonds. The van der Waals surface area contributed by atoms with Crippen LogP contribution in [0, 0.1) is 5.92 Å². The second-order valence-electron chi connectivity index (χ2n) is 3.80. The number of alkyl halides is 2. The van der Waals surface area contributed by atoms with E-state index in [1.807, 2.05) is 0 Å². The summed E-state index contributed by atoms with van der Waals surface area (Å²) in [5.41, 5.74) is 0. The maximum absolute atomic E-state index is 12.4. The maximum atomic E-state index is 12.4. The zero-order valence-corrected chi connectivity index (χ0v) is 9.61. The lowest BCUT2D eigenvalue weighted by atomic mass is 10.1. The van der Waals surface area contributed by atoms with E-state index in [0.29, 0.717) is 13.3 Å². The first kappa shape index (κ1) is 14.3. The molecule has 18 heavy (non-hydrogen) atoms. The third-order valence-electron chi connectivity index (χ3n) is 2.17. The van der Waals surface area contributed by atoms with Gasteiger partial charge in [0.2, 0.25) is 0 Å². The molecule has 0 saturated carbocycles. The molecule has 0 aliphatic carbocycles. The van der Waals surface area contributed by atoms with Gasteiger partial charge in [-0.25, -0.2) is 9.59 Å². The van der Waals surface area contributed by atoms with Crippen LogP contribution in [0.25, 0.3) is 0 Å². The molecule has 6 nitrogen and oxygen atoms in total. The van der Waals surface area contributed by atoms with Crippen LogP contribution in [0.1, 0.15) is 13.3 Å². The summed E-state index contributed by atoms with van der Waals surface area (Å²) >= 11 is 0. The molecule has 1 rings (SSSR count). The van der Waals surface area contributed by atoms with E-state index in [4.69, 9.17) is 0 Å². The number of rotatable bonds is 5. The molecule has 0 N–H and O–H groups in total. The molecule has 1 atom stereocenters. The van der Waals surface area contributed by atoms with E-state index in [0.717, 1.165) is 0 Å². The van der Waals surface area contributed by atoms with Crippen LogP contribution in [0.4, 0.5) is 8.78 Å². The summed E-state index contributed by atoms with van der Waals surface area (Å²) in [6.45, 7) is -0.505. The molecule has 1 aliphatic rings. The lowest BCUT2D eigenvalue weighted by Crippen LogP contribution is -2.30. The van der Waals surface area contributed by atoms with Crippen LogP contribution in [0.3, 0.4) is 0 Å². The summed E-state index contributed by atoms with van der Waals surface area (Å²) in [6.07, 6.45) is 0.429. The quantitative estimate of drug-likeness (QED) is 0.525. The van der Waals surface area contributed by atoms with Gasteiger partial charge >= 0.3 is 23.8 Å². The number of carbonyl (C=O) groups excluding carboxylic acids is 3. The second kappa shape index (κ2) is 5.74. The van der Waals surface area contributed by atoms with Gasteiger partial charge in [-0.05, 0) is 6.42 Å². The van der Waals surface area contributed by atoms with E-state index in [9.17, 15) is 23.2 Å². The molecule has 1 aliphatic heterocycles. The Morgan fingerprint density at radius 1 is 1.44 bits per heavy atom. The van der Waals surface area contributed by atoms with Crippen molar-refractivity contribution in [2.45, 2.75) is 19.3 Å². The smallest absolute Gasteiger partial charge is 0.377 e. The molecule has 102 valence electrons. The maximum Gasteiger partial charge on any atom is 0.377 e. The number of cyclic esters (lactones) is 1. The Morgan fingerprint density at radius 3 is 2.61 bits per heavy atom. The Bertz CT molecular complexity index is 349. The molecule has 0 aromatic rings. The summed E-state index contributed by atoms with van der Waals surface area (Å²) in [7, 11) is 0. The average Bonchev–Trinajstić information content (AvgIpc) is 2.67. The minimum absolute atomic E-state index is 0.211. The van der Waals surface area contributed by atoms with Gasteiger partial charge < -0.3 is 14.2 Å². The highest BCUT2D eigenvalue weighted by Gasteiger charge is 2.35. The Hall–Kier alpha value is -1.73. The van der Waals surface area contributed by atoms with E-state index in [2.05, 4.69) is 14.2 Å². The molecule has 0 bridgehead atoms. The molecular weight excluding hydrogens is 254 g/mol. The van der Waals surface area contributed by atoms with Crippen LogP contribution in [0.5, 0.6) is 0 Å². The first-order valence-electron chi connectivity index (χ1n) is 5.18. The predicted octanol–water partition coefficient (Wildman–Crippen LogP) is 0.291. The van der Waals surface area contributed by atoms with Crippen molar-refractivity contribution in [3.63, 3.8) is 0 Å². The Labute approximate surface area is 101 Å². The summed E-state index contributed by atoms with van der Waals surface area (Å²) in [5.74, 6) is -7.47. The van der Waals surface area contributed by atoms with Crippen molar-refractivity contribution in [2.24, 2.45) is 5.92 Å². The Balaban J connectivity index is 2.22. The molecule has 0 radical (unpaired) electrons. The van der Waals surface area contributed by atoms with Gasteiger partial charge in [0.1, 0.15) is 6.61 Å². The van der Waals surface area contributed by atoms with Crippen molar-refractivity contribution in [3.8, 4) is 0 Å². The van der Waals surface area contributed by atoms with Gasteiger partial charge in [0.05, 0.1) is 12.5 Å². The van der Waals surface area contributed by atoms with Gasteiger partial charge in [0, 0.05) is 6.92 Å². The van der Waals surface area contributed by atoms with Crippen LogP contribution in [-0.2, 0) is 28.6 Å². The second-order valence-corrected chi connectivity index (χ2v) is 3.80. The van der Waals surface area contributed by atoms with Gasteiger partial charge in [-0.15, -0.1) is 0 Å². The molecule has 1 unspecified atom stereocenters. The van der Waals surface area contributed by atoms with E-state index in [-0.39, 0.29) is 13.2 Å². The van der Waals surface area contributed by atoms with Crippen LogP contribution < -0.4 is 0 Å². The van der Waals surface area contributed by atoms with Crippen molar-refractivity contribution in [2.75, 3.05) is 19.8 Å². The van der Waals surface area contributed by atoms with E-state index < -0.39 is 36.4 Å². The van der Waals surface area contributed by atoms with Gasteiger partial charge in [-0.3, -0.25) is 4.79 Å². The van der Waals surface area contributed by atoms with E-state index in [1.54, 1.807) is 0 Å². The van der Waals surface area contributed by atoms with Crippen LogP contribution in [0.2, 0.25) is 0 Å². The Kier molecular flexibility index (Phi) is 4.57. The number of hydrogen-bond donors (Lipinski definition) is 0. The number of halogens is 2. The zero-order chi connectivity index (χ0) is 13.8. The lowest BCUT2D eigenvalue weighted by molar-refractivity contribution is -0.175. The van der Waals surface area contributed by atoms with Gasteiger partial charge in [0.25, 0.3) is 0 Å². The standard InChI is InChI=1S/C10H12F2O6/c1-10(11,12)9(15)18-5-7(13)17-4-6-2-3-16-8(6)14/h6H,2-5H2,1H3. The molecule has 0 aromatic heterocycles. The molecule has 1 fully saturated rings.